The van der Waals surface area contributed by atoms with Gasteiger partial charge < -0.3 is 29.9 Å². The molecule has 0 radical (unpaired) electrons. The molecule has 2 aromatic rings. The maximum atomic E-state index is 12.8. The van der Waals surface area contributed by atoms with Crippen molar-refractivity contribution < 1.29 is 34.4 Å². The molecular formula is C22H25ClN6O7. The molecule has 2 aromatic heterocycles. The first-order chi connectivity index (χ1) is 17.1. The Morgan fingerprint density at radius 2 is 1.83 bits per heavy atom. The van der Waals surface area contributed by atoms with E-state index in [9.17, 15) is 14.4 Å². The van der Waals surface area contributed by atoms with Gasteiger partial charge >= 0.3 is 12.1 Å². The van der Waals surface area contributed by atoms with E-state index in [2.05, 4.69) is 26.4 Å². The lowest BCUT2D eigenvalue weighted by atomic mass is 10.2. The quantitative estimate of drug-likeness (QED) is 0.487. The van der Waals surface area contributed by atoms with E-state index in [-0.39, 0.29) is 5.69 Å². The molecule has 2 aliphatic heterocycles. The predicted octanol–water partition coefficient (Wildman–Crippen LogP) is 1.46. The molecule has 14 heteroatoms. The molecule has 4 heterocycles. The number of halogens is 1. The minimum atomic E-state index is -1.34. The first kappa shape index (κ1) is 26.8. The number of fused-ring (bicyclic) bond motifs is 1. The van der Waals surface area contributed by atoms with Crippen molar-refractivity contribution in [1.82, 2.24) is 24.8 Å². The number of aliphatic hydroxyl groups excluding tert-OH is 2. The number of amides is 2. The normalized spacial score (nSPS) is 18.1. The molecule has 1 saturated heterocycles. The molecule has 4 rings (SSSR count). The molecule has 2 atom stereocenters. The van der Waals surface area contributed by atoms with Crippen LogP contribution < -0.4 is 4.90 Å². The standard InChI is InChI=1S/C17H17ClN6O3.C5H8O4/c1-22-6-8-23(9-7-22)17(26)27-16-14-13(19-4-5-20-14)15(25)24(16)12-3-2-11(18)10-21-12;1-3(6)4(7)2-5(8)9/h2-5,10,16H,6-9H2,1H3;4,6-7H,1-2H2,(H,8,9)/t16-;4-/m01/s1. The average molecular weight is 521 g/mol. The number of aliphatic hydroxyl groups is 2. The number of hydrogen-bond acceptors (Lipinski definition) is 10. The van der Waals surface area contributed by atoms with Crippen LogP contribution in [0.4, 0.5) is 10.6 Å². The van der Waals surface area contributed by atoms with Crippen LogP contribution in [0, 0.1) is 0 Å². The number of anilines is 1. The Balaban J connectivity index is 0.000000345. The van der Waals surface area contributed by atoms with Crippen LogP contribution in [0.15, 0.2) is 43.1 Å². The van der Waals surface area contributed by atoms with Gasteiger partial charge in [-0.2, -0.15) is 0 Å². The van der Waals surface area contributed by atoms with Gasteiger partial charge in [0.15, 0.2) is 5.69 Å². The molecule has 0 aliphatic carbocycles. The van der Waals surface area contributed by atoms with Crippen LogP contribution in [-0.4, -0.2) is 97.4 Å². The maximum Gasteiger partial charge on any atom is 0.412 e. The molecule has 0 bridgehead atoms. The number of nitrogens with zero attached hydrogens (tertiary/aromatic N) is 6. The third-order valence-corrected chi connectivity index (χ3v) is 5.53. The van der Waals surface area contributed by atoms with Crippen LogP contribution in [0.3, 0.4) is 0 Å². The number of carboxylic acid groups (broad SMARTS) is 1. The highest BCUT2D eigenvalue weighted by Crippen LogP contribution is 2.35. The second kappa shape index (κ2) is 11.7. The zero-order chi connectivity index (χ0) is 26.4. The minimum absolute atomic E-state index is 0.144. The number of pyridine rings is 1. The van der Waals surface area contributed by atoms with Crippen molar-refractivity contribution in [3.05, 3.63) is 59.5 Å². The lowest BCUT2D eigenvalue weighted by Crippen LogP contribution is -2.48. The minimum Gasteiger partial charge on any atom is -0.510 e. The van der Waals surface area contributed by atoms with E-state index < -0.39 is 42.5 Å². The molecule has 13 nitrogen and oxygen atoms in total. The number of aliphatic carboxylic acids is 1. The summed E-state index contributed by atoms with van der Waals surface area (Å²) in [7, 11) is 2.00. The molecule has 3 N–H and O–H groups in total. The Morgan fingerprint density at radius 1 is 1.17 bits per heavy atom. The molecule has 2 aliphatic rings. The fourth-order valence-corrected chi connectivity index (χ4v) is 3.43. The zero-order valence-electron chi connectivity index (χ0n) is 19.3. The number of hydrogen-bond donors (Lipinski definition) is 3. The Hall–Kier alpha value is -3.81. The van der Waals surface area contributed by atoms with Gasteiger partial charge in [-0.25, -0.2) is 19.7 Å². The molecule has 1 fully saturated rings. The van der Waals surface area contributed by atoms with E-state index in [1.165, 1.54) is 23.5 Å². The molecule has 2 amide bonds. The summed E-state index contributed by atoms with van der Waals surface area (Å²) < 4.78 is 5.68. The van der Waals surface area contributed by atoms with Gasteiger partial charge in [-0.1, -0.05) is 18.2 Å². The Bertz CT molecular complexity index is 1120. The summed E-state index contributed by atoms with van der Waals surface area (Å²) in [5, 5.41) is 25.4. The summed E-state index contributed by atoms with van der Waals surface area (Å²) >= 11 is 5.89. The van der Waals surface area contributed by atoms with Gasteiger partial charge in [0.05, 0.1) is 11.4 Å². The highest BCUT2D eigenvalue weighted by molar-refractivity contribution is 6.30. The molecule has 36 heavy (non-hydrogen) atoms. The van der Waals surface area contributed by atoms with Crippen LogP contribution >= 0.6 is 11.6 Å². The Kier molecular flexibility index (Phi) is 8.74. The third-order valence-electron chi connectivity index (χ3n) is 5.30. The second-order valence-corrected chi connectivity index (χ2v) is 8.37. The second-order valence-electron chi connectivity index (χ2n) is 7.93. The van der Waals surface area contributed by atoms with Gasteiger partial charge in [-0.05, 0) is 19.2 Å². The van der Waals surface area contributed by atoms with E-state index in [0.717, 1.165) is 13.1 Å². The summed E-state index contributed by atoms with van der Waals surface area (Å²) in [5.41, 5.74) is 0.437. The predicted molar refractivity (Wildman–Crippen MR) is 126 cm³/mol. The molecule has 192 valence electrons. The maximum absolute atomic E-state index is 12.8. The first-order valence-corrected chi connectivity index (χ1v) is 11.1. The highest BCUT2D eigenvalue weighted by Gasteiger charge is 2.44. The number of carbonyl (C=O) groups is 3. The van der Waals surface area contributed by atoms with Crippen LogP contribution in [-0.2, 0) is 9.53 Å². The number of likely N-dealkylation sites (N-methyl/N-ethyl adjacent to an activating group) is 1. The van der Waals surface area contributed by atoms with Crippen LogP contribution in [0.5, 0.6) is 0 Å². The van der Waals surface area contributed by atoms with Crippen molar-refractivity contribution >= 4 is 35.4 Å². The van der Waals surface area contributed by atoms with Gasteiger partial charge in [-0.3, -0.25) is 14.6 Å². The van der Waals surface area contributed by atoms with E-state index >= 15 is 0 Å². The molecule has 0 saturated carbocycles. The highest BCUT2D eigenvalue weighted by atomic mass is 35.5. The Labute approximate surface area is 211 Å². The largest absolute Gasteiger partial charge is 0.510 e. The number of rotatable bonds is 5. The third kappa shape index (κ3) is 6.44. The van der Waals surface area contributed by atoms with E-state index in [1.807, 2.05) is 7.05 Å². The van der Waals surface area contributed by atoms with Gasteiger partial charge in [0.25, 0.3) is 5.91 Å². The SMILES string of the molecule is C=C(O)[C@H](O)CC(=O)O.CN1CCN(C(=O)O[C@H]2c3nccnc3C(=O)N2c2ccc(Cl)cn2)CC1. The van der Waals surface area contributed by atoms with Crippen molar-refractivity contribution in [1.29, 1.82) is 0 Å². The molecule has 0 aromatic carbocycles. The van der Waals surface area contributed by atoms with Crippen molar-refractivity contribution in [2.45, 2.75) is 18.8 Å². The molecule has 0 spiro atoms. The van der Waals surface area contributed by atoms with Crippen LogP contribution in [0.2, 0.25) is 5.02 Å². The van der Waals surface area contributed by atoms with Gasteiger partial charge in [0, 0.05) is 44.8 Å². The lowest BCUT2D eigenvalue weighted by molar-refractivity contribution is -0.139. The zero-order valence-corrected chi connectivity index (χ0v) is 20.1. The molecule has 0 unspecified atom stereocenters. The van der Waals surface area contributed by atoms with Gasteiger partial charge in [0.2, 0.25) is 6.23 Å². The van der Waals surface area contributed by atoms with Gasteiger partial charge in [0.1, 0.15) is 23.4 Å². The first-order valence-electron chi connectivity index (χ1n) is 10.8. The number of piperazine rings is 1. The van der Waals surface area contributed by atoms with Crippen molar-refractivity contribution in [3.63, 3.8) is 0 Å². The average Bonchev–Trinajstić information content (AvgIpc) is 3.11. The van der Waals surface area contributed by atoms with Crippen LogP contribution in [0.25, 0.3) is 0 Å². The fourth-order valence-electron chi connectivity index (χ4n) is 3.32. The number of carboxylic acids is 1. The monoisotopic (exact) mass is 520 g/mol. The lowest BCUT2D eigenvalue weighted by Gasteiger charge is -2.33. The van der Waals surface area contributed by atoms with E-state index in [1.54, 1.807) is 17.0 Å². The number of ether oxygens (including phenoxy) is 1. The van der Waals surface area contributed by atoms with Crippen molar-refractivity contribution in [3.8, 4) is 0 Å². The summed E-state index contributed by atoms with van der Waals surface area (Å²) in [4.78, 5) is 52.8. The fraction of sp³-hybridized carbons (Fsp3) is 0.364. The summed E-state index contributed by atoms with van der Waals surface area (Å²) in [6.45, 7) is 5.59. The smallest absolute Gasteiger partial charge is 0.412 e. The van der Waals surface area contributed by atoms with Gasteiger partial charge in [-0.15, -0.1) is 0 Å². The molecular weight excluding hydrogens is 496 g/mol. The van der Waals surface area contributed by atoms with Crippen molar-refractivity contribution in [2.24, 2.45) is 0 Å². The van der Waals surface area contributed by atoms with Crippen LogP contribution in [0.1, 0.15) is 28.8 Å². The summed E-state index contributed by atoms with van der Waals surface area (Å²) in [5.74, 6) is -1.81. The van der Waals surface area contributed by atoms with E-state index in [4.69, 9.17) is 31.7 Å². The number of aromatic nitrogens is 3. The summed E-state index contributed by atoms with van der Waals surface area (Å²) in [6, 6.07) is 3.20. The Morgan fingerprint density at radius 3 is 2.39 bits per heavy atom. The number of carbonyl (C=O) groups excluding carboxylic acids is 2. The topological polar surface area (TPSA) is 170 Å². The van der Waals surface area contributed by atoms with E-state index in [0.29, 0.717) is 29.6 Å². The van der Waals surface area contributed by atoms with Crippen molar-refractivity contribution in [2.75, 3.05) is 38.1 Å². The summed E-state index contributed by atoms with van der Waals surface area (Å²) in [6.07, 6.45) is 0.932.